The van der Waals surface area contributed by atoms with Crippen molar-refractivity contribution < 1.29 is 44.4 Å². The van der Waals surface area contributed by atoms with Gasteiger partial charge in [0.15, 0.2) is 0 Å². The molecule has 1 aromatic rings. The molecule has 0 aliphatic heterocycles. The van der Waals surface area contributed by atoms with Gasteiger partial charge in [0.05, 0.1) is 18.9 Å². The van der Waals surface area contributed by atoms with Crippen LogP contribution in [0.1, 0.15) is 11.3 Å². The molecule has 0 fully saturated rings. The van der Waals surface area contributed by atoms with Crippen molar-refractivity contribution in [2.75, 3.05) is 0 Å². The Bertz CT molecular complexity index is 342. The predicted octanol–water partition coefficient (Wildman–Crippen LogP) is -1.65. The fourth-order valence-corrected chi connectivity index (χ4v) is 1.01. The molecule has 0 spiro atoms. The first-order chi connectivity index (χ1) is 7.60. The third-order valence-electron chi connectivity index (χ3n) is 1.69. The molecule has 1 rings (SSSR count). The molecule has 9 heteroatoms. The van der Waals surface area contributed by atoms with Crippen LogP contribution in [-0.2, 0) is 32.8 Å². The summed E-state index contributed by atoms with van der Waals surface area (Å²) in [6, 6.07) is 1.43. The van der Waals surface area contributed by atoms with Gasteiger partial charge in [-0.2, -0.15) is 0 Å². The first-order valence-corrected chi connectivity index (χ1v) is 5.41. The maximum Gasteiger partial charge on any atom is 0.490 e. The number of halogens is 1. The van der Waals surface area contributed by atoms with E-state index >= 15 is 0 Å². The zero-order valence-corrected chi connectivity index (χ0v) is 11.0. The molecule has 0 amide bonds. The monoisotopic (exact) mass is 400 g/mol. The van der Waals surface area contributed by atoms with Gasteiger partial charge in [-0.3, -0.25) is 4.98 Å². The molecule has 6 nitrogen and oxygen atoms in total. The largest absolute Gasteiger partial charge is 0.490 e. The van der Waals surface area contributed by atoms with Crippen LogP contribution in [0, 0.1) is 0 Å². The van der Waals surface area contributed by atoms with Crippen LogP contribution < -0.4 is 5.46 Å². The van der Waals surface area contributed by atoms with Crippen LogP contribution in [-0.4, -0.2) is 32.4 Å². The summed E-state index contributed by atoms with van der Waals surface area (Å²) in [6.45, 7) is -0.558. The molecule has 0 bridgehead atoms. The smallest absolute Gasteiger partial charge is 0.423 e. The number of aliphatic hydroxyl groups is 2. The van der Waals surface area contributed by atoms with Crippen molar-refractivity contribution in [2.45, 2.75) is 13.2 Å². The second kappa shape index (κ2) is 8.61. The first kappa shape index (κ1) is 15.5. The van der Waals surface area contributed by atoms with Crippen molar-refractivity contribution in [1.29, 1.82) is 0 Å². The van der Waals surface area contributed by atoms with E-state index in [9.17, 15) is 4.48 Å². The molecule has 4 N–H and O–H groups in total. The van der Waals surface area contributed by atoms with Crippen LogP contribution in [0.25, 0.3) is 0 Å². The minimum Gasteiger partial charge on any atom is -0.423 e. The first-order valence-electron chi connectivity index (χ1n) is 4.09. The predicted molar refractivity (Wildman–Crippen MR) is 49.4 cm³/mol. The number of hydrogen-bond acceptors (Lipinski definition) is 6. The maximum absolute atomic E-state index is 9.95. The van der Waals surface area contributed by atoms with Gasteiger partial charge in [-0.25, -0.2) is 0 Å². The average molecular weight is 400 g/mol. The Morgan fingerprint density at radius 3 is 2.31 bits per heavy atom. The molecule has 16 heavy (non-hydrogen) atoms. The number of hydrogen-bond donors (Lipinski definition) is 4. The SMILES string of the molecule is F[N]=[W].OCc1cc(CO)c(B(O)O)cn1. The molecule has 0 unspecified atom stereocenters. The van der Waals surface area contributed by atoms with Gasteiger partial charge < -0.3 is 20.3 Å². The Labute approximate surface area is 103 Å². The summed E-state index contributed by atoms with van der Waals surface area (Å²) in [7, 11) is -1.65. The fourth-order valence-electron chi connectivity index (χ4n) is 1.01. The molecular weight excluding hydrogens is 390 g/mol. The zero-order chi connectivity index (χ0) is 12.6. The number of aromatic nitrogens is 1. The van der Waals surface area contributed by atoms with Crippen molar-refractivity contribution in [3.8, 4) is 0 Å². The molecule has 1 aromatic heterocycles. The Hall–Kier alpha value is -0.527. The van der Waals surface area contributed by atoms with Gasteiger partial charge in [-0.15, -0.1) is 0 Å². The van der Waals surface area contributed by atoms with Crippen LogP contribution >= 0.6 is 0 Å². The molecule has 0 atom stereocenters. The fraction of sp³-hybridized carbons (Fsp3) is 0.286. The Morgan fingerprint density at radius 1 is 1.38 bits per heavy atom. The molecule has 0 saturated heterocycles. The van der Waals surface area contributed by atoms with Crippen LogP contribution in [0.15, 0.2) is 16.0 Å². The van der Waals surface area contributed by atoms with Gasteiger partial charge >= 0.3 is 34.9 Å². The summed E-state index contributed by atoms with van der Waals surface area (Å²) in [5.74, 6) is 0. The second-order valence-electron chi connectivity index (χ2n) is 2.63. The summed E-state index contributed by atoms with van der Waals surface area (Å²) in [4.78, 5) is 3.75. The third-order valence-corrected chi connectivity index (χ3v) is 1.69. The van der Waals surface area contributed by atoms with Gasteiger partial charge in [0.1, 0.15) is 0 Å². The van der Waals surface area contributed by atoms with Crippen LogP contribution in [0.5, 0.6) is 0 Å². The molecule has 1 heterocycles. The Balaban J connectivity index is 0.000000673. The average Bonchev–Trinajstić information content (AvgIpc) is 2.29. The van der Waals surface area contributed by atoms with E-state index in [1.807, 2.05) is 0 Å². The molecule has 0 aromatic carbocycles. The van der Waals surface area contributed by atoms with Gasteiger partial charge in [0, 0.05) is 11.7 Å². The number of rotatable bonds is 3. The summed E-state index contributed by atoms with van der Waals surface area (Å²) in [5.41, 5.74) is 0.891. The van der Waals surface area contributed by atoms with E-state index in [1.165, 1.54) is 12.3 Å². The molecule has 0 radical (unpaired) electrons. The zero-order valence-electron chi connectivity index (χ0n) is 8.12. The summed E-state index contributed by atoms with van der Waals surface area (Å²) < 4.78 is 12.0. The Kier molecular flexibility index (Phi) is 8.32. The van der Waals surface area contributed by atoms with Crippen LogP contribution in [0.4, 0.5) is 4.48 Å². The van der Waals surface area contributed by atoms with E-state index in [0.29, 0.717) is 30.9 Å². The number of nitrogens with zero attached hydrogens (tertiary/aromatic N) is 2. The van der Waals surface area contributed by atoms with Crippen molar-refractivity contribution in [3.63, 3.8) is 0 Å². The number of pyridine rings is 1. The van der Waals surface area contributed by atoms with Crippen molar-refractivity contribution in [1.82, 2.24) is 4.98 Å². The van der Waals surface area contributed by atoms with Crippen LogP contribution in [0.3, 0.4) is 0 Å². The topological polar surface area (TPSA) is 106 Å². The van der Waals surface area contributed by atoms with E-state index in [1.54, 1.807) is 0 Å². The van der Waals surface area contributed by atoms with E-state index in [4.69, 9.17) is 20.3 Å². The van der Waals surface area contributed by atoms with Crippen LogP contribution in [0.2, 0.25) is 0 Å². The molecule has 0 saturated carbocycles. The second-order valence-corrected chi connectivity index (χ2v) is 3.13. The van der Waals surface area contributed by atoms with Crippen molar-refractivity contribution in [2.24, 2.45) is 3.72 Å². The van der Waals surface area contributed by atoms with E-state index in [2.05, 4.69) is 8.70 Å². The van der Waals surface area contributed by atoms with E-state index in [0.717, 1.165) is 0 Å². The summed E-state index contributed by atoms with van der Waals surface area (Å²) in [5, 5.41) is 35.3. The Morgan fingerprint density at radius 2 is 1.94 bits per heavy atom. The van der Waals surface area contributed by atoms with Gasteiger partial charge in [-0.1, -0.05) is 0 Å². The normalized spacial score (nSPS) is 9.06. The molecule has 0 aliphatic carbocycles. The van der Waals surface area contributed by atoms with E-state index < -0.39 is 7.12 Å². The van der Waals surface area contributed by atoms with Crippen molar-refractivity contribution in [3.05, 3.63) is 23.5 Å². The van der Waals surface area contributed by atoms with Gasteiger partial charge in [0.25, 0.3) is 0 Å². The molecule has 88 valence electrons. The quantitative estimate of drug-likeness (QED) is 0.456. The third kappa shape index (κ3) is 5.00. The molecular formula is C7H10BFN2O4W. The maximum atomic E-state index is 9.95. The summed E-state index contributed by atoms with van der Waals surface area (Å²) in [6.07, 6.45) is 1.22. The molecule has 0 aliphatic rings. The number of aliphatic hydroxyl groups excluding tert-OH is 2. The van der Waals surface area contributed by atoms with Gasteiger partial charge in [-0.05, 0) is 11.6 Å². The van der Waals surface area contributed by atoms with Gasteiger partial charge in [0.2, 0.25) is 0 Å². The summed E-state index contributed by atoms with van der Waals surface area (Å²) >= 11 is 0.630. The minimum absolute atomic E-state index is 0.153. The van der Waals surface area contributed by atoms with Crippen molar-refractivity contribution >= 4 is 12.6 Å². The minimum atomic E-state index is -1.65. The standard InChI is InChI=1S/C7H10BNO4.FN.W/c10-3-5-1-6(4-11)9-2-7(5)8(12)13;1-2;/h1-2,10-13H,3-4H2;;. The van der Waals surface area contributed by atoms with E-state index in [-0.39, 0.29) is 18.7 Å².